The molecule has 0 bridgehead atoms. The number of rotatable bonds is 7. The quantitative estimate of drug-likeness (QED) is 0.724. The van der Waals surface area contributed by atoms with E-state index in [9.17, 15) is 9.59 Å². The summed E-state index contributed by atoms with van der Waals surface area (Å²) < 4.78 is 10.6. The summed E-state index contributed by atoms with van der Waals surface area (Å²) in [6.07, 6.45) is -0.609. The van der Waals surface area contributed by atoms with E-state index in [0.29, 0.717) is 6.42 Å². The number of nitrogens with one attached hydrogen (secondary N) is 1. The van der Waals surface area contributed by atoms with Gasteiger partial charge in [0.25, 0.3) is 0 Å². The molecule has 1 rings (SSSR count). The summed E-state index contributed by atoms with van der Waals surface area (Å²) in [5.41, 5.74) is 6.51. The van der Waals surface area contributed by atoms with E-state index in [1.54, 1.807) is 34.6 Å². The smallest absolute Gasteiger partial charge is 0.408 e. The number of amides is 1. The SMILES string of the molecule is CC(C)OC(=O)[C@@H](C[C@@H](c1ccccc1)[C@@H](C)N)NC(=O)OC(C)(C)C. The van der Waals surface area contributed by atoms with Gasteiger partial charge in [-0.25, -0.2) is 9.59 Å². The highest BCUT2D eigenvalue weighted by molar-refractivity contribution is 5.81. The minimum Gasteiger partial charge on any atom is -0.461 e. The molecule has 0 aliphatic carbocycles. The molecule has 1 amide bonds. The van der Waals surface area contributed by atoms with Gasteiger partial charge in [-0.05, 0) is 53.5 Å². The topological polar surface area (TPSA) is 90.6 Å². The Morgan fingerprint density at radius 3 is 2.15 bits per heavy atom. The molecule has 3 atom stereocenters. The van der Waals surface area contributed by atoms with Crippen LogP contribution in [0.15, 0.2) is 30.3 Å². The molecule has 0 heterocycles. The van der Waals surface area contributed by atoms with E-state index in [-0.39, 0.29) is 18.1 Å². The van der Waals surface area contributed by atoms with Gasteiger partial charge in [-0.2, -0.15) is 0 Å². The molecule has 6 heteroatoms. The lowest BCUT2D eigenvalue weighted by atomic mass is 9.87. The Bertz CT molecular complexity index is 579. The zero-order chi connectivity index (χ0) is 19.9. The molecule has 0 unspecified atom stereocenters. The fourth-order valence-corrected chi connectivity index (χ4v) is 2.59. The fraction of sp³-hybridized carbons (Fsp3) is 0.600. The second-order valence-corrected chi connectivity index (χ2v) is 7.80. The minimum absolute atomic E-state index is 0.115. The molecular formula is C20H32N2O4. The third-order valence-electron chi connectivity index (χ3n) is 3.68. The molecular weight excluding hydrogens is 332 g/mol. The van der Waals surface area contributed by atoms with E-state index in [4.69, 9.17) is 15.2 Å². The van der Waals surface area contributed by atoms with Gasteiger partial charge in [0.2, 0.25) is 0 Å². The van der Waals surface area contributed by atoms with Crippen molar-refractivity contribution in [3.05, 3.63) is 35.9 Å². The molecule has 146 valence electrons. The number of esters is 1. The van der Waals surface area contributed by atoms with Crippen LogP contribution in [0.25, 0.3) is 0 Å². The average Bonchev–Trinajstić information content (AvgIpc) is 2.49. The Balaban J connectivity index is 2.98. The standard InChI is InChI=1S/C20H32N2O4/c1-13(2)25-18(23)17(22-19(24)26-20(4,5)6)12-16(14(3)21)15-10-8-7-9-11-15/h7-11,13-14,16-17H,12,21H2,1-6H3,(H,22,24)/t14-,16-,17-/m1/s1. The first kappa shape index (κ1) is 22.0. The monoisotopic (exact) mass is 364 g/mol. The van der Waals surface area contributed by atoms with Gasteiger partial charge in [0.15, 0.2) is 0 Å². The van der Waals surface area contributed by atoms with Gasteiger partial charge < -0.3 is 20.5 Å². The molecule has 0 saturated carbocycles. The van der Waals surface area contributed by atoms with Crippen molar-refractivity contribution in [2.75, 3.05) is 0 Å². The van der Waals surface area contributed by atoms with Crippen molar-refractivity contribution in [3.8, 4) is 0 Å². The van der Waals surface area contributed by atoms with E-state index in [1.165, 1.54) is 0 Å². The number of hydrogen-bond acceptors (Lipinski definition) is 5. The second-order valence-electron chi connectivity index (χ2n) is 7.80. The normalized spacial score (nSPS) is 15.1. The van der Waals surface area contributed by atoms with E-state index in [1.807, 2.05) is 37.3 Å². The number of nitrogens with two attached hydrogens (primary N) is 1. The third kappa shape index (κ3) is 7.87. The lowest BCUT2D eigenvalue weighted by Gasteiger charge is -2.28. The number of carbonyl (C=O) groups excluding carboxylic acids is 2. The molecule has 26 heavy (non-hydrogen) atoms. The van der Waals surface area contributed by atoms with Crippen LogP contribution in [-0.4, -0.2) is 35.9 Å². The van der Waals surface area contributed by atoms with Crippen LogP contribution in [-0.2, 0) is 14.3 Å². The first-order valence-electron chi connectivity index (χ1n) is 9.00. The summed E-state index contributed by atoms with van der Waals surface area (Å²) in [5, 5.41) is 2.64. The molecule has 0 aromatic heterocycles. The molecule has 0 radical (unpaired) electrons. The zero-order valence-corrected chi connectivity index (χ0v) is 16.6. The predicted octanol–water partition coefficient (Wildman–Crippen LogP) is 3.35. The maximum absolute atomic E-state index is 12.5. The van der Waals surface area contributed by atoms with Crippen LogP contribution in [0.1, 0.15) is 59.4 Å². The van der Waals surface area contributed by atoms with Crippen molar-refractivity contribution >= 4 is 12.1 Å². The maximum Gasteiger partial charge on any atom is 0.408 e. The molecule has 0 fully saturated rings. The van der Waals surface area contributed by atoms with Gasteiger partial charge in [-0.3, -0.25) is 0 Å². The first-order valence-corrected chi connectivity index (χ1v) is 9.00. The van der Waals surface area contributed by atoms with Crippen molar-refractivity contribution in [2.24, 2.45) is 5.73 Å². The maximum atomic E-state index is 12.5. The molecule has 0 aliphatic heterocycles. The van der Waals surface area contributed by atoms with Crippen molar-refractivity contribution in [1.29, 1.82) is 0 Å². The summed E-state index contributed by atoms with van der Waals surface area (Å²) in [5.74, 6) is -0.608. The molecule has 3 N–H and O–H groups in total. The van der Waals surface area contributed by atoms with Crippen molar-refractivity contribution in [2.45, 2.75) is 77.7 Å². The van der Waals surface area contributed by atoms with E-state index < -0.39 is 23.7 Å². The van der Waals surface area contributed by atoms with Crippen LogP contribution < -0.4 is 11.1 Å². The van der Waals surface area contributed by atoms with Crippen molar-refractivity contribution in [1.82, 2.24) is 5.32 Å². The third-order valence-corrected chi connectivity index (χ3v) is 3.68. The molecule has 6 nitrogen and oxygen atoms in total. The van der Waals surface area contributed by atoms with Crippen LogP contribution in [0.3, 0.4) is 0 Å². The van der Waals surface area contributed by atoms with Crippen LogP contribution in [0, 0.1) is 0 Å². The second kappa shape index (κ2) is 9.57. The zero-order valence-electron chi connectivity index (χ0n) is 16.6. The lowest BCUT2D eigenvalue weighted by molar-refractivity contribution is -0.150. The minimum atomic E-state index is -0.844. The summed E-state index contributed by atoms with van der Waals surface area (Å²) in [7, 11) is 0. The summed E-state index contributed by atoms with van der Waals surface area (Å²) in [6, 6.07) is 8.65. The van der Waals surface area contributed by atoms with Gasteiger partial charge in [0.05, 0.1) is 6.10 Å². The number of benzene rings is 1. The average molecular weight is 364 g/mol. The number of carbonyl (C=O) groups is 2. The van der Waals surface area contributed by atoms with Gasteiger partial charge in [-0.15, -0.1) is 0 Å². The highest BCUT2D eigenvalue weighted by atomic mass is 16.6. The van der Waals surface area contributed by atoms with Gasteiger partial charge in [0, 0.05) is 12.0 Å². The predicted molar refractivity (Wildman–Crippen MR) is 102 cm³/mol. The molecule has 1 aromatic rings. The molecule has 1 aromatic carbocycles. The highest BCUT2D eigenvalue weighted by Crippen LogP contribution is 2.25. The van der Waals surface area contributed by atoms with Gasteiger partial charge >= 0.3 is 12.1 Å². The Morgan fingerprint density at radius 2 is 1.69 bits per heavy atom. The van der Waals surface area contributed by atoms with E-state index >= 15 is 0 Å². The van der Waals surface area contributed by atoms with Crippen LogP contribution in [0.2, 0.25) is 0 Å². The van der Waals surface area contributed by atoms with Crippen LogP contribution >= 0.6 is 0 Å². The van der Waals surface area contributed by atoms with Crippen molar-refractivity contribution in [3.63, 3.8) is 0 Å². The largest absolute Gasteiger partial charge is 0.461 e. The van der Waals surface area contributed by atoms with E-state index in [0.717, 1.165) is 5.56 Å². The Labute approximate surface area is 156 Å². The summed E-state index contributed by atoms with van der Waals surface area (Å²) in [6.45, 7) is 10.7. The van der Waals surface area contributed by atoms with Crippen LogP contribution in [0.5, 0.6) is 0 Å². The molecule has 0 aliphatic rings. The Kier molecular flexibility index (Phi) is 8.08. The Hall–Kier alpha value is -2.08. The number of alkyl carbamates (subject to hydrolysis) is 1. The number of hydrogen-bond donors (Lipinski definition) is 2. The summed E-state index contributed by atoms with van der Waals surface area (Å²) in [4.78, 5) is 24.7. The molecule has 0 saturated heterocycles. The van der Waals surface area contributed by atoms with Crippen LogP contribution in [0.4, 0.5) is 4.79 Å². The summed E-state index contributed by atoms with van der Waals surface area (Å²) >= 11 is 0. The highest BCUT2D eigenvalue weighted by Gasteiger charge is 2.30. The molecule has 0 spiro atoms. The lowest BCUT2D eigenvalue weighted by Crippen LogP contribution is -2.46. The first-order chi connectivity index (χ1) is 12.0. The van der Waals surface area contributed by atoms with Gasteiger partial charge in [-0.1, -0.05) is 30.3 Å². The fourth-order valence-electron chi connectivity index (χ4n) is 2.59. The van der Waals surface area contributed by atoms with E-state index in [2.05, 4.69) is 5.32 Å². The van der Waals surface area contributed by atoms with Gasteiger partial charge in [0.1, 0.15) is 11.6 Å². The number of ether oxygens (including phenoxy) is 2. The Morgan fingerprint density at radius 1 is 1.12 bits per heavy atom. The van der Waals surface area contributed by atoms with Crippen molar-refractivity contribution < 1.29 is 19.1 Å².